The molecule has 7 nitrogen and oxygen atoms in total. The molecular weight excluding hydrogens is 260 g/mol. The smallest absolute Gasteiger partial charge is 0.161 e. The summed E-state index contributed by atoms with van der Waals surface area (Å²) in [5, 5.41) is 19.7. The first-order valence-electron chi connectivity index (χ1n) is 5.99. The van der Waals surface area contributed by atoms with Crippen molar-refractivity contribution in [2.75, 3.05) is 7.11 Å². The van der Waals surface area contributed by atoms with E-state index in [0.717, 1.165) is 11.3 Å². The van der Waals surface area contributed by atoms with Crippen molar-refractivity contribution in [2.45, 2.75) is 13.5 Å². The lowest BCUT2D eigenvalue weighted by atomic mass is 10.1. The van der Waals surface area contributed by atoms with Crippen LogP contribution in [0.3, 0.4) is 0 Å². The van der Waals surface area contributed by atoms with Crippen LogP contribution in [0.2, 0.25) is 0 Å². The Hall–Kier alpha value is -2.57. The summed E-state index contributed by atoms with van der Waals surface area (Å²) < 4.78 is 12.5. The highest BCUT2D eigenvalue weighted by molar-refractivity contribution is 5.98. The van der Waals surface area contributed by atoms with Gasteiger partial charge in [-0.2, -0.15) is 0 Å². The predicted molar refractivity (Wildman–Crippen MR) is 72.3 cm³/mol. The Balaban J connectivity index is 2.15. The van der Waals surface area contributed by atoms with E-state index in [2.05, 4.69) is 15.5 Å². The van der Waals surface area contributed by atoms with Crippen molar-refractivity contribution in [3.8, 4) is 11.5 Å². The number of hydrogen-bond acceptors (Lipinski definition) is 6. The minimum atomic E-state index is 0.302. The second kappa shape index (κ2) is 6.05. The molecule has 2 rings (SSSR count). The molecule has 0 bridgehead atoms. The van der Waals surface area contributed by atoms with Gasteiger partial charge in [-0.15, -0.1) is 5.10 Å². The number of oxime groups is 1. The van der Waals surface area contributed by atoms with E-state index in [1.165, 1.54) is 0 Å². The first kappa shape index (κ1) is 13.9. The molecule has 7 heteroatoms. The van der Waals surface area contributed by atoms with Crippen molar-refractivity contribution in [1.82, 2.24) is 15.0 Å². The largest absolute Gasteiger partial charge is 0.493 e. The van der Waals surface area contributed by atoms with Crippen molar-refractivity contribution in [1.29, 1.82) is 0 Å². The molecule has 1 heterocycles. The van der Waals surface area contributed by atoms with E-state index in [-0.39, 0.29) is 0 Å². The van der Waals surface area contributed by atoms with Crippen LogP contribution in [0, 0.1) is 0 Å². The van der Waals surface area contributed by atoms with Crippen molar-refractivity contribution in [3.05, 3.63) is 35.7 Å². The van der Waals surface area contributed by atoms with Crippen molar-refractivity contribution < 1.29 is 14.7 Å². The van der Waals surface area contributed by atoms with Crippen molar-refractivity contribution in [3.63, 3.8) is 0 Å². The third-order valence-electron chi connectivity index (χ3n) is 2.76. The van der Waals surface area contributed by atoms with Gasteiger partial charge in [0.2, 0.25) is 0 Å². The molecule has 106 valence electrons. The van der Waals surface area contributed by atoms with Crippen LogP contribution >= 0.6 is 0 Å². The third-order valence-corrected chi connectivity index (χ3v) is 2.76. The third kappa shape index (κ3) is 3.05. The standard InChI is InChI=1S/C13H16N4O3/c1-9(15-18)10-4-5-12(13(6-10)19-3)20-8-11-7-17(2)16-14-11/h4-7,18H,8H2,1-3H3/b15-9+. The van der Waals surface area contributed by atoms with Gasteiger partial charge in [-0.25, -0.2) is 0 Å². The number of aromatic nitrogens is 3. The number of benzene rings is 1. The molecule has 0 amide bonds. The Labute approximate surface area is 116 Å². The number of hydrogen-bond donors (Lipinski definition) is 1. The summed E-state index contributed by atoms with van der Waals surface area (Å²) in [6.07, 6.45) is 1.78. The zero-order chi connectivity index (χ0) is 14.5. The summed E-state index contributed by atoms with van der Waals surface area (Å²) in [5.41, 5.74) is 1.99. The lowest BCUT2D eigenvalue weighted by Crippen LogP contribution is -2.00. The number of nitrogens with zero attached hydrogens (tertiary/aromatic N) is 4. The van der Waals surface area contributed by atoms with E-state index in [4.69, 9.17) is 14.7 Å². The molecule has 0 radical (unpaired) electrons. The van der Waals surface area contributed by atoms with E-state index in [0.29, 0.717) is 23.8 Å². The van der Waals surface area contributed by atoms with E-state index < -0.39 is 0 Å². The average molecular weight is 276 g/mol. The second-order valence-electron chi connectivity index (χ2n) is 4.22. The molecule has 0 unspecified atom stereocenters. The van der Waals surface area contributed by atoms with Crippen LogP contribution in [0.25, 0.3) is 0 Å². The molecule has 20 heavy (non-hydrogen) atoms. The fraction of sp³-hybridized carbons (Fsp3) is 0.308. The number of methoxy groups -OCH3 is 1. The second-order valence-corrected chi connectivity index (χ2v) is 4.22. The highest BCUT2D eigenvalue weighted by Crippen LogP contribution is 2.28. The molecular formula is C13H16N4O3. The van der Waals surface area contributed by atoms with Crippen LogP contribution in [0.4, 0.5) is 0 Å². The molecule has 0 saturated heterocycles. The molecule has 0 aliphatic carbocycles. The highest BCUT2D eigenvalue weighted by atomic mass is 16.5. The quantitative estimate of drug-likeness (QED) is 0.509. The minimum absolute atomic E-state index is 0.302. The first-order valence-corrected chi connectivity index (χ1v) is 5.99. The summed E-state index contributed by atoms with van der Waals surface area (Å²) in [5.74, 6) is 1.15. The van der Waals surface area contributed by atoms with Crippen molar-refractivity contribution >= 4 is 5.71 Å². The Morgan fingerprint density at radius 1 is 1.40 bits per heavy atom. The monoisotopic (exact) mass is 276 g/mol. The van der Waals surface area contributed by atoms with Gasteiger partial charge in [0.05, 0.1) is 19.0 Å². The van der Waals surface area contributed by atoms with Crippen molar-refractivity contribution in [2.24, 2.45) is 12.2 Å². The zero-order valence-electron chi connectivity index (χ0n) is 11.6. The van der Waals surface area contributed by atoms with Crippen LogP contribution in [-0.2, 0) is 13.7 Å². The Bertz CT molecular complexity index is 622. The van der Waals surface area contributed by atoms with Gasteiger partial charge in [0, 0.05) is 12.6 Å². The summed E-state index contributed by atoms with van der Waals surface area (Å²) in [7, 11) is 3.35. The topological polar surface area (TPSA) is 81.8 Å². The molecule has 1 aromatic carbocycles. The van der Waals surface area contributed by atoms with Gasteiger partial charge in [-0.05, 0) is 25.1 Å². The number of ether oxygens (including phenoxy) is 2. The van der Waals surface area contributed by atoms with Gasteiger partial charge in [-0.3, -0.25) is 4.68 Å². The minimum Gasteiger partial charge on any atom is -0.493 e. The Morgan fingerprint density at radius 3 is 2.80 bits per heavy atom. The average Bonchev–Trinajstić information content (AvgIpc) is 2.89. The molecule has 0 aliphatic rings. The summed E-state index contributed by atoms with van der Waals surface area (Å²) in [6.45, 7) is 2.01. The van der Waals surface area contributed by atoms with Crippen LogP contribution in [0.1, 0.15) is 18.2 Å². The molecule has 0 aliphatic heterocycles. The van der Waals surface area contributed by atoms with Crippen LogP contribution < -0.4 is 9.47 Å². The maximum atomic E-state index is 8.77. The van der Waals surface area contributed by atoms with Gasteiger partial charge < -0.3 is 14.7 Å². The molecule has 1 aromatic heterocycles. The van der Waals surface area contributed by atoms with E-state index in [1.807, 2.05) is 0 Å². The van der Waals surface area contributed by atoms with E-state index >= 15 is 0 Å². The summed E-state index contributed by atoms with van der Waals surface area (Å²) in [4.78, 5) is 0. The number of rotatable bonds is 5. The van der Waals surface area contributed by atoms with Gasteiger partial charge in [0.1, 0.15) is 12.3 Å². The molecule has 0 fully saturated rings. The summed E-state index contributed by atoms with van der Waals surface area (Å²) in [6, 6.07) is 5.31. The molecule has 0 atom stereocenters. The van der Waals surface area contributed by atoms with Gasteiger partial charge in [0.25, 0.3) is 0 Å². The lowest BCUT2D eigenvalue weighted by Gasteiger charge is -2.11. The summed E-state index contributed by atoms with van der Waals surface area (Å²) >= 11 is 0. The number of aryl methyl sites for hydroxylation is 1. The molecule has 2 aromatic rings. The van der Waals surface area contributed by atoms with Gasteiger partial charge in [-0.1, -0.05) is 10.4 Å². The SMILES string of the molecule is COc1cc(/C(C)=N/O)ccc1OCc1cn(C)nn1. The Morgan fingerprint density at radius 2 is 2.20 bits per heavy atom. The van der Waals surface area contributed by atoms with Gasteiger partial charge in [0.15, 0.2) is 11.5 Å². The van der Waals surface area contributed by atoms with Crippen LogP contribution in [0.5, 0.6) is 11.5 Å². The predicted octanol–water partition coefficient (Wildman–Crippen LogP) is 1.60. The maximum absolute atomic E-state index is 8.77. The molecule has 0 spiro atoms. The van der Waals surface area contributed by atoms with E-state index in [1.54, 1.807) is 50.2 Å². The fourth-order valence-electron chi connectivity index (χ4n) is 1.68. The maximum Gasteiger partial charge on any atom is 0.161 e. The zero-order valence-corrected chi connectivity index (χ0v) is 11.6. The normalized spacial score (nSPS) is 11.4. The fourth-order valence-corrected chi connectivity index (χ4v) is 1.68. The lowest BCUT2D eigenvalue weighted by molar-refractivity contribution is 0.280. The van der Waals surface area contributed by atoms with Crippen LogP contribution in [0.15, 0.2) is 29.6 Å². The first-order chi connectivity index (χ1) is 9.63. The van der Waals surface area contributed by atoms with Crippen LogP contribution in [-0.4, -0.2) is 33.0 Å². The molecule has 0 saturated carbocycles. The van der Waals surface area contributed by atoms with E-state index in [9.17, 15) is 0 Å². The Kier molecular flexibility index (Phi) is 4.19. The molecule has 1 N–H and O–H groups in total. The van der Waals surface area contributed by atoms with Gasteiger partial charge >= 0.3 is 0 Å². The highest BCUT2D eigenvalue weighted by Gasteiger charge is 2.09.